The summed E-state index contributed by atoms with van der Waals surface area (Å²) in [5.41, 5.74) is 2.64. The molecule has 1 aromatic heterocycles. The first-order chi connectivity index (χ1) is 7.75. The number of nitrogens with zero attached hydrogens (tertiary/aromatic N) is 2. The summed E-state index contributed by atoms with van der Waals surface area (Å²) >= 11 is 2.01. The van der Waals surface area contributed by atoms with E-state index in [0.29, 0.717) is 0 Å². The predicted octanol–water partition coefficient (Wildman–Crippen LogP) is 2.00. The van der Waals surface area contributed by atoms with Crippen LogP contribution in [0.1, 0.15) is 24.6 Å². The van der Waals surface area contributed by atoms with E-state index in [1.165, 1.54) is 29.2 Å². The second kappa shape index (κ2) is 7.74. The fourth-order valence-corrected chi connectivity index (χ4v) is 2.22. The van der Waals surface area contributed by atoms with Crippen molar-refractivity contribution in [2.75, 3.05) is 24.6 Å². The van der Waals surface area contributed by atoms with E-state index in [2.05, 4.69) is 24.3 Å². The van der Waals surface area contributed by atoms with Gasteiger partial charge in [-0.05, 0) is 49.9 Å². The average molecular weight is 241 g/mol. The number of aryl methyl sites for hydroxylation is 1. The number of hydrogen-bond acceptors (Lipinski definition) is 3. The van der Waals surface area contributed by atoms with Gasteiger partial charge in [0.1, 0.15) is 0 Å². The molecule has 92 valence electrons. The van der Waals surface area contributed by atoms with E-state index in [0.717, 1.165) is 19.5 Å². The minimum absolute atomic E-state index is 1.06. The fourth-order valence-electron chi connectivity index (χ4n) is 1.58. The van der Waals surface area contributed by atoms with E-state index >= 15 is 0 Å². The average Bonchev–Trinajstić information content (AvgIpc) is 2.59. The van der Waals surface area contributed by atoms with Crippen LogP contribution in [0.5, 0.6) is 0 Å². The summed E-state index contributed by atoms with van der Waals surface area (Å²) in [7, 11) is 1.99. The molecule has 0 saturated carbocycles. The summed E-state index contributed by atoms with van der Waals surface area (Å²) in [5.74, 6) is 2.50. The standard InChI is InChI=1S/C12H23N3S/c1-4-16-9-5-7-13-8-6-12-10-14-15(3)11(12)2/h10,13H,4-9H2,1-3H3. The predicted molar refractivity (Wildman–Crippen MR) is 72.1 cm³/mol. The molecule has 1 N–H and O–H groups in total. The van der Waals surface area contributed by atoms with Crippen LogP contribution in [-0.4, -0.2) is 34.4 Å². The third-order valence-electron chi connectivity index (χ3n) is 2.75. The van der Waals surface area contributed by atoms with Crippen molar-refractivity contribution in [1.29, 1.82) is 0 Å². The van der Waals surface area contributed by atoms with Gasteiger partial charge in [-0.15, -0.1) is 0 Å². The van der Waals surface area contributed by atoms with Crippen LogP contribution >= 0.6 is 11.8 Å². The molecule has 1 heterocycles. The highest BCUT2D eigenvalue weighted by Crippen LogP contribution is 2.05. The molecule has 0 saturated heterocycles. The molecule has 0 atom stereocenters. The van der Waals surface area contributed by atoms with Crippen molar-refractivity contribution in [3.63, 3.8) is 0 Å². The Bertz CT molecular complexity index is 296. The zero-order valence-electron chi connectivity index (χ0n) is 10.6. The van der Waals surface area contributed by atoms with Crippen molar-refractivity contribution in [3.8, 4) is 0 Å². The van der Waals surface area contributed by atoms with Gasteiger partial charge in [-0.25, -0.2) is 0 Å². The van der Waals surface area contributed by atoms with Crippen LogP contribution in [0, 0.1) is 6.92 Å². The number of thioether (sulfide) groups is 1. The highest BCUT2D eigenvalue weighted by atomic mass is 32.2. The quantitative estimate of drug-likeness (QED) is 0.706. The number of aromatic nitrogens is 2. The lowest BCUT2D eigenvalue weighted by atomic mass is 10.2. The Hall–Kier alpha value is -0.480. The maximum atomic E-state index is 4.24. The summed E-state index contributed by atoms with van der Waals surface area (Å²) in [6.07, 6.45) is 4.33. The Balaban J connectivity index is 2.05. The molecule has 4 heteroatoms. The molecular weight excluding hydrogens is 218 g/mol. The molecule has 0 amide bonds. The van der Waals surface area contributed by atoms with Crippen LogP contribution in [0.25, 0.3) is 0 Å². The number of nitrogens with one attached hydrogen (secondary N) is 1. The normalized spacial score (nSPS) is 10.9. The minimum Gasteiger partial charge on any atom is -0.316 e. The summed E-state index contributed by atoms with van der Waals surface area (Å²) in [6.45, 7) is 6.53. The number of hydrogen-bond donors (Lipinski definition) is 1. The molecule has 0 unspecified atom stereocenters. The van der Waals surface area contributed by atoms with Crippen molar-refractivity contribution in [3.05, 3.63) is 17.5 Å². The third-order valence-corrected chi connectivity index (χ3v) is 3.74. The molecule has 0 aliphatic carbocycles. The van der Waals surface area contributed by atoms with Crippen LogP contribution in [0.4, 0.5) is 0 Å². The van der Waals surface area contributed by atoms with E-state index in [9.17, 15) is 0 Å². The minimum atomic E-state index is 1.06. The van der Waals surface area contributed by atoms with Crippen molar-refractivity contribution in [2.24, 2.45) is 7.05 Å². The van der Waals surface area contributed by atoms with E-state index in [-0.39, 0.29) is 0 Å². The van der Waals surface area contributed by atoms with Crippen molar-refractivity contribution in [2.45, 2.75) is 26.7 Å². The lowest BCUT2D eigenvalue weighted by Gasteiger charge is -2.04. The summed E-state index contributed by atoms with van der Waals surface area (Å²) in [6, 6.07) is 0. The largest absolute Gasteiger partial charge is 0.316 e. The van der Waals surface area contributed by atoms with Gasteiger partial charge in [0.05, 0.1) is 6.20 Å². The first-order valence-corrected chi connectivity index (χ1v) is 7.17. The zero-order valence-corrected chi connectivity index (χ0v) is 11.4. The molecule has 0 aliphatic heterocycles. The highest BCUT2D eigenvalue weighted by molar-refractivity contribution is 7.99. The highest BCUT2D eigenvalue weighted by Gasteiger charge is 2.02. The van der Waals surface area contributed by atoms with E-state index in [4.69, 9.17) is 0 Å². The SMILES string of the molecule is CCSCCCNCCc1cnn(C)c1C. The Labute approximate surface area is 103 Å². The topological polar surface area (TPSA) is 29.9 Å². The van der Waals surface area contributed by atoms with Crippen LogP contribution < -0.4 is 5.32 Å². The molecule has 0 radical (unpaired) electrons. The van der Waals surface area contributed by atoms with Crippen LogP contribution in [-0.2, 0) is 13.5 Å². The second-order valence-electron chi connectivity index (χ2n) is 3.93. The molecule has 0 fully saturated rings. The monoisotopic (exact) mass is 241 g/mol. The van der Waals surface area contributed by atoms with Gasteiger partial charge in [-0.3, -0.25) is 4.68 Å². The molecule has 1 aromatic rings. The molecular formula is C12H23N3S. The van der Waals surface area contributed by atoms with Crippen molar-refractivity contribution in [1.82, 2.24) is 15.1 Å². The summed E-state index contributed by atoms with van der Waals surface area (Å²) in [4.78, 5) is 0. The van der Waals surface area contributed by atoms with Gasteiger partial charge in [0.15, 0.2) is 0 Å². The van der Waals surface area contributed by atoms with Gasteiger partial charge >= 0.3 is 0 Å². The van der Waals surface area contributed by atoms with Gasteiger partial charge in [0.2, 0.25) is 0 Å². The van der Waals surface area contributed by atoms with Crippen LogP contribution in [0.15, 0.2) is 6.20 Å². The van der Waals surface area contributed by atoms with E-state index in [1.54, 1.807) is 0 Å². The van der Waals surface area contributed by atoms with Gasteiger partial charge in [-0.2, -0.15) is 16.9 Å². The smallest absolute Gasteiger partial charge is 0.0524 e. The molecule has 16 heavy (non-hydrogen) atoms. The van der Waals surface area contributed by atoms with Gasteiger partial charge < -0.3 is 5.32 Å². The molecule has 0 bridgehead atoms. The zero-order chi connectivity index (χ0) is 11.8. The summed E-state index contributed by atoms with van der Waals surface area (Å²) in [5, 5.41) is 7.72. The Morgan fingerprint density at radius 1 is 1.44 bits per heavy atom. The molecule has 0 aliphatic rings. The molecule has 1 rings (SSSR count). The second-order valence-corrected chi connectivity index (χ2v) is 5.32. The van der Waals surface area contributed by atoms with Crippen LogP contribution in [0.3, 0.4) is 0 Å². The third kappa shape index (κ3) is 4.58. The maximum absolute atomic E-state index is 4.24. The number of rotatable bonds is 8. The first-order valence-electron chi connectivity index (χ1n) is 6.01. The first kappa shape index (κ1) is 13.6. The summed E-state index contributed by atoms with van der Waals surface area (Å²) < 4.78 is 1.94. The van der Waals surface area contributed by atoms with Crippen molar-refractivity contribution < 1.29 is 0 Å². The van der Waals surface area contributed by atoms with E-state index in [1.807, 2.05) is 29.7 Å². The van der Waals surface area contributed by atoms with Gasteiger partial charge in [0.25, 0.3) is 0 Å². The van der Waals surface area contributed by atoms with Gasteiger partial charge in [-0.1, -0.05) is 6.92 Å². The Morgan fingerprint density at radius 2 is 2.25 bits per heavy atom. The maximum Gasteiger partial charge on any atom is 0.0524 e. The molecule has 0 aromatic carbocycles. The van der Waals surface area contributed by atoms with Gasteiger partial charge in [0, 0.05) is 12.7 Å². The van der Waals surface area contributed by atoms with Crippen LogP contribution in [0.2, 0.25) is 0 Å². The Kier molecular flexibility index (Phi) is 6.57. The lowest BCUT2D eigenvalue weighted by Crippen LogP contribution is -2.19. The molecule has 3 nitrogen and oxygen atoms in total. The molecule has 0 spiro atoms. The lowest BCUT2D eigenvalue weighted by molar-refractivity contribution is 0.671. The Morgan fingerprint density at radius 3 is 2.88 bits per heavy atom. The fraction of sp³-hybridized carbons (Fsp3) is 0.750. The van der Waals surface area contributed by atoms with Crippen molar-refractivity contribution >= 4 is 11.8 Å². The van der Waals surface area contributed by atoms with E-state index < -0.39 is 0 Å².